The van der Waals surface area contributed by atoms with E-state index in [2.05, 4.69) is 29.1 Å². The summed E-state index contributed by atoms with van der Waals surface area (Å²) < 4.78 is 45.5. The summed E-state index contributed by atoms with van der Waals surface area (Å²) in [6.07, 6.45) is 3.38. The minimum Gasteiger partial charge on any atom is -0.465 e. The second-order valence-electron chi connectivity index (χ2n) is 8.93. The molecule has 1 fully saturated rings. The van der Waals surface area contributed by atoms with Gasteiger partial charge < -0.3 is 9.53 Å². The van der Waals surface area contributed by atoms with E-state index in [-0.39, 0.29) is 24.1 Å². The van der Waals surface area contributed by atoms with Crippen LogP contribution in [0.15, 0.2) is 23.0 Å². The molecule has 11 heteroatoms. The lowest BCUT2D eigenvalue weighted by Crippen LogP contribution is -2.34. The lowest BCUT2D eigenvalue weighted by atomic mass is 9.90. The number of halogens is 3. The molecule has 0 amide bonds. The second-order valence-corrected chi connectivity index (χ2v) is 13.5. The molecular formula is C21H26F3N3O4S. The van der Waals surface area contributed by atoms with Gasteiger partial charge in [0.25, 0.3) is 5.56 Å². The van der Waals surface area contributed by atoms with Crippen molar-refractivity contribution < 1.29 is 27.5 Å². The van der Waals surface area contributed by atoms with Crippen LogP contribution in [-0.2, 0) is 27.0 Å². The number of ether oxygens (including phenoxy) is 1. The average molecular weight is 474 g/mol. The fraction of sp³-hybridized carbons (Fsp3) is 0.571. The molecule has 32 heavy (non-hydrogen) atoms. The van der Waals surface area contributed by atoms with Gasteiger partial charge in [0, 0.05) is 11.7 Å². The van der Waals surface area contributed by atoms with Gasteiger partial charge in [0.1, 0.15) is 11.8 Å². The van der Waals surface area contributed by atoms with Gasteiger partial charge in [0.2, 0.25) is 0 Å². The first-order valence-corrected chi connectivity index (χ1v) is 13.2. The van der Waals surface area contributed by atoms with Gasteiger partial charge >= 0.3 is 12.1 Å². The van der Waals surface area contributed by atoms with E-state index in [1.54, 1.807) is 0 Å². The van der Waals surface area contributed by atoms with Crippen molar-refractivity contribution in [2.75, 3.05) is 31.1 Å². The molecule has 0 spiro atoms. The summed E-state index contributed by atoms with van der Waals surface area (Å²) >= 11 is 0. The lowest BCUT2D eigenvalue weighted by molar-refractivity contribution is -0.152. The molecule has 0 N–H and O–H groups in total. The van der Waals surface area contributed by atoms with Gasteiger partial charge in [-0.3, -0.25) is 9.59 Å². The molecule has 176 valence electrons. The summed E-state index contributed by atoms with van der Waals surface area (Å²) in [7, 11) is -0.856. The molecule has 1 saturated carbocycles. The van der Waals surface area contributed by atoms with Gasteiger partial charge in [0.15, 0.2) is 0 Å². The summed E-state index contributed by atoms with van der Waals surface area (Å²) in [5.74, 6) is -1.42. The molecule has 3 atom stereocenters. The van der Waals surface area contributed by atoms with Crippen molar-refractivity contribution in [2.45, 2.75) is 25.6 Å². The number of aromatic nitrogens is 3. The van der Waals surface area contributed by atoms with Crippen molar-refractivity contribution in [3.63, 3.8) is 0 Å². The maximum atomic E-state index is 13.0. The zero-order chi connectivity index (χ0) is 23.7. The first-order valence-electron chi connectivity index (χ1n) is 10.1. The quantitative estimate of drug-likeness (QED) is 0.454. The van der Waals surface area contributed by atoms with Crippen LogP contribution in [0.2, 0.25) is 0 Å². The van der Waals surface area contributed by atoms with Crippen molar-refractivity contribution in [2.24, 2.45) is 17.8 Å². The third kappa shape index (κ3) is 5.48. The second kappa shape index (κ2) is 9.21. The predicted molar refractivity (Wildman–Crippen MR) is 116 cm³/mol. The highest BCUT2D eigenvalue weighted by Gasteiger charge is 2.42. The number of hydrogen-bond donors (Lipinski definition) is 0. The first kappa shape index (κ1) is 24.2. The van der Waals surface area contributed by atoms with E-state index in [9.17, 15) is 27.6 Å². The van der Waals surface area contributed by atoms with E-state index in [0.717, 1.165) is 34.9 Å². The number of nitrogens with zero attached hydrogens (tertiary/aromatic N) is 3. The third-order valence-electron chi connectivity index (χ3n) is 5.68. The summed E-state index contributed by atoms with van der Waals surface area (Å²) in [4.78, 5) is 37.1. The molecular weight excluding hydrogens is 447 g/mol. The Labute approximate surface area is 184 Å². The molecule has 0 radical (unpaired) electrons. The third-order valence-corrected chi connectivity index (χ3v) is 7.07. The van der Waals surface area contributed by atoms with Crippen molar-refractivity contribution in [3.8, 4) is 0 Å². The van der Waals surface area contributed by atoms with Gasteiger partial charge in [-0.05, 0) is 55.7 Å². The largest absolute Gasteiger partial charge is 0.465 e. The van der Waals surface area contributed by atoms with Crippen LogP contribution in [-0.4, -0.2) is 58.4 Å². The minimum absolute atomic E-state index is 0.0351. The molecule has 1 heterocycles. The number of carbonyl (C=O) groups is 2. The number of aldehydes is 1. The van der Waals surface area contributed by atoms with Gasteiger partial charge in [-0.2, -0.15) is 13.2 Å². The Bertz CT molecular complexity index is 1060. The number of rotatable bonds is 7. The molecule has 0 saturated heterocycles. The summed E-state index contributed by atoms with van der Waals surface area (Å²) in [5.41, 5.74) is -1.62. The topological polar surface area (TPSA) is 91.2 Å². The van der Waals surface area contributed by atoms with Crippen LogP contribution in [0.1, 0.15) is 18.4 Å². The van der Waals surface area contributed by atoms with Crippen LogP contribution in [0.4, 0.5) is 13.2 Å². The Morgan fingerprint density at radius 1 is 1.28 bits per heavy atom. The maximum absolute atomic E-state index is 13.0. The molecule has 0 unspecified atom stereocenters. The van der Waals surface area contributed by atoms with Crippen LogP contribution in [0.3, 0.4) is 0 Å². The van der Waals surface area contributed by atoms with Crippen LogP contribution in [0, 0.1) is 17.8 Å². The Morgan fingerprint density at radius 2 is 2.00 bits per heavy atom. The highest BCUT2D eigenvalue weighted by Crippen LogP contribution is 2.38. The average Bonchev–Trinajstić information content (AvgIpc) is 3.11. The van der Waals surface area contributed by atoms with Gasteiger partial charge in [-0.15, -0.1) is 5.10 Å². The molecule has 1 aliphatic carbocycles. The number of esters is 1. The standard InChI is InChI=1S/C21H26F3N3O4S/c1-32(2,3)9-8-31-20(30)18-13(4-5-14(18)12-28)11-27-19(29)16-10-15(21(22,23)24)6-7-17(16)25-26-27/h6-7,10,12-14,18H,4-5,8-9,11H2,1-3H3/t13-,14+,18-/m0/s1. The number of hydrogen-bond acceptors (Lipinski definition) is 6. The van der Waals surface area contributed by atoms with E-state index in [1.165, 1.54) is 0 Å². The Morgan fingerprint density at radius 3 is 2.62 bits per heavy atom. The predicted octanol–water partition coefficient (Wildman–Crippen LogP) is 2.89. The number of alkyl halides is 3. The molecule has 0 bridgehead atoms. The zero-order valence-corrected chi connectivity index (χ0v) is 18.9. The molecule has 1 aromatic heterocycles. The van der Waals surface area contributed by atoms with Crippen LogP contribution in [0.5, 0.6) is 0 Å². The van der Waals surface area contributed by atoms with E-state index < -0.39 is 51.1 Å². The van der Waals surface area contributed by atoms with Crippen LogP contribution >= 0.6 is 10.0 Å². The Balaban J connectivity index is 1.84. The fourth-order valence-corrected chi connectivity index (χ4v) is 4.51. The van der Waals surface area contributed by atoms with Crippen molar-refractivity contribution in [3.05, 3.63) is 34.1 Å². The smallest absolute Gasteiger partial charge is 0.416 e. The van der Waals surface area contributed by atoms with Crippen molar-refractivity contribution in [1.29, 1.82) is 0 Å². The van der Waals surface area contributed by atoms with E-state index in [1.807, 2.05) is 0 Å². The van der Waals surface area contributed by atoms with E-state index in [0.29, 0.717) is 12.8 Å². The minimum atomic E-state index is -4.60. The summed E-state index contributed by atoms with van der Waals surface area (Å²) in [6, 6.07) is 2.70. The van der Waals surface area contributed by atoms with Gasteiger partial charge in [-0.1, -0.05) is 5.21 Å². The van der Waals surface area contributed by atoms with Crippen LogP contribution in [0.25, 0.3) is 10.9 Å². The summed E-state index contributed by atoms with van der Waals surface area (Å²) in [6.45, 7) is 0.217. The number of fused-ring (bicyclic) bond motifs is 1. The summed E-state index contributed by atoms with van der Waals surface area (Å²) in [5, 5.41) is 7.49. The molecule has 7 nitrogen and oxygen atoms in total. The molecule has 3 rings (SSSR count). The normalized spacial score (nSPS) is 22.1. The monoisotopic (exact) mass is 473 g/mol. The highest BCUT2D eigenvalue weighted by molar-refractivity contribution is 8.32. The maximum Gasteiger partial charge on any atom is 0.416 e. The van der Waals surface area contributed by atoms with Crippen molar-refractivity contribution >= 4 is 33.2 Å². The number of benzene rings is 1. The fourth-order valence-electron chi connectivity index (χ4n) is 3.92. The molecule has 1 aliphatic rings. The highest BCUT2D eigenvalue weighted by atomic mass is 32.3. The zero-order valence-electron chi connectivity index (χ0n) is 18.1. The van der Waals surface area contributed by atoms with E-state index in [4.69, 9.17) is 4.74 Å². The number of carbonyl (C=O) groups excluding carboxylic acids is 2. The van der Waals surface area contributed by atoms with Crippen molar-refractivity contribution in [1.82, 2.24) is 15.0 Å². The Kier molecular flexibility index (Phi) is 6.97. The Hall–Kier alpha value is -2.43. The van der Waals surface area contributed by atoms with Gasteiger partial charge in [-0.25, -0.2) is 14.7 Å². The van der Waals surface area contributed by atoms with E-state index >= 15 is 0 Å². The molecule has 0 aliphatic heterocycles. The lowest BCUT2D eigenvalue weighted by Gasteiger charge is -2.26. The van der Waals surface area contributed by atoms with Crippen LogP contribution < -0.4 is 5.56 Å². The van der Waals surface area contributed by atoms with Gasteiger partial charge in [0.05, 0.1) is 30.0 Å². The molecule has 2 aromatic rings. The SMILES string of the molecule is CS(C)(C)CCOC(=O)[C@H]1[C@H](Cn2nnc3ccc(C(F)(F)F)cc3c2=O)CC[C@@H]1C=O. The molecule has 1 aromatic carbocycles. The first-order chi connectivity index (χ1) is 14.9.